The van der Waals surface area contributed by atoms with E-state index in [9.17, 15) is 9.59 Å². The molecule has 2 heterocycles. The molecule has 3 aromatic rings. The predicted octanol–water partition coefficient (Wildman–Crippen LogP) is 4.30. The largest absolute Gasteiger partial charge is 0.495 e. The first-order chi connectivity index (χ1) is 14.7. The van der Waals surface area contributed by atoms with Gasteiger partial charge in [0, 0.05) is 9.90 Å². The highest BCUT2D eigenvalue weighted by Gasteiger charge is 2.32. The van der Waals surface area contributed by atoms with E-state index in [-0.39, 0.29) is 17.5 Å². The van der Waals surface area contributed by atoms with Gasteiger partial charge in [0.15, 0.2) is 4.83 Å². The molecule has 1 aliphatic carbocycles. The fraction of sp³-hybridized carbons (Fsp3) is 0.455. The summed E-state index contributed by atoms with van der Waals surface area (Å²) in [5, 5.41) is 12.1. The molecule has 0 saturated carbocycles. The van der Waals surface area contributed by atoms with Crippen LogP contribution < -0.4 is 15.6 Å². The zero-order valence-corrected chi connectivity index (χ0v) is 19.6. The highest BCUT2D eigenvalue weighted by Crippen LogP contribution is 2.41. The van der Waals surface area contributed by atoms with E-state index in [0.717, 1.165) is 29.5 Å². The number of benzene rings is 1. The maximum absolute atomic E-state index is 13.1. The number of aryl methyl sites for hydroxylation is 1. The maximum Gasteiger partial charge on any atom is 0.279 e. The average molecular weight is 461 g/mol. The molecule has 2 aromatic heterocycles. The van der Waals surface area contributed by atoms with Gasteiger partial charge in [0.1, 0.15) is 12.3 Å². The number of fused-ring (bicyclic) bond motifs is 3. The molecule has 4 rings (SSSR count). The first kappa shape index (κ1) is 21.8. The van der Waals surface area contributed by atoms with Gasteiger partial charge in [-0.1, -0.05) is 37.6 Å². The van der Waals surface area contributed by atoms with E-state index in [1.165, 1.54) is 12.0 Å². The van der Waals surface area contributed by atoms with Crippen LogP contribution in [-0.2, 0) is 24.2 Å². The van der Waals surface area contributed by atoms with Gasteiger partial charge < -0.3 is 10.1 Å². The minimum atomic E-state index is -0.409. The molecule has 1 atom stereocenters. The highest BCUT2D eigenvalue weighted by molar-refractivity contribution is 7.18. The van der Waals surface area contributed by atoms with Crippen molar-refractivity contribution in [1.82, 2.24) is 15.0 Å². The first-order valence-electron chi connectivity index (χ1n) is 10.2. The standard InChI is InChI=1S/C22H25ClN4O3S/c1-22(2,3)12-5-7-14-17(9-12)31-20-19(14)21(29)27(26-25-20)11-18(28)24-15-10-13(23)6-8-16(15)30-4/h6,8,10,12H,5,7,9,11H2,1-4H3,(H,24,28)/t12-/m0/s1. The van der Waals surface area contributed by atoms with E-state index < -0.39 is 5.91 Å². The molecule has 0 spiro atoms. The molecule has 0 bridgehead atoms. The van der Waals surface area contributed by atoms with Gasteiger partial charge in [0.25, 0.3) is 5.56 Å². The van der Waals surface area contributed by atoms with Gasteiger partial charge in [-0.3, -0.25) is 9.59 Å². The smallest absolute Gasteiger partial charge is 0.279 e. The maximum atomic E-state index is 13.1. The second kappa shape index (κ2) is 8.24. The van der Waals surface area contributed by atoms with Gasteiger partial charge in [-0.05, 0) is 54.4 Å². The molecule has 1 aromatic carbocycles. The van der Waals surface area contributed by atoms with Crippen molar-refractivity contribution in [1.29, 1.82) is 0 Å². The summed E-state index contributed by atoms with van der Waals surface area (Å²) in [4.78, 5) is 27.6. The van der Waals surface area contributed by atoms with Gasteiger partial charge >= 0.3 is 0 Å². The third-order valence-electron chi connectivity index (χ3n) is 5.89. The third-order valence-corrected chi connectivity index (χ3v) is 7.27. The molecule has 9 heteroatoms. The number of methoxy groups -OCH3 is 1. The number of carbonyl (C=O) groups is 1. The normalized spacial score (nSPS) is 16.2. The average Bonchev–Trinajstić information content (AvgIpc) is 3.08. The quantitative estimate of drug-likeness (QED) is 0.627. The molecule has 0 saturated heterocycles. The number of rotatable bonds is 4. The van der Waals surface area contributed by atoms with Crippen molar-refractivity contribution in [2.45, 2.75) is 46.6 Å². The number of thiophene rings is 1. The number of nitrogens with one attached hydrogen (secondary N) is 1. The second-order valence-electron chi connectivity index (χ2n) is 8.93. The van der Waals surface area contributed by atoms with Crippen LogP contribution in [-0.4, -0.2) is 28.0 Å². The van der Waals surface area contributed by atoms with E-state index in [2.05, 4.69) is 36.4 Å². The zero-order valence-electron chi connectivity index (χ0n) is 18.0. The summed E-state index contributed by atoms with van der Waals surface area (Å²) < 4.78 is 6.37. The fourth-order valence-electron chi connectivity index (χ4n) is 4.07. The van der Waals surface area contributed by atoms with Crippen molar-refractivity contribution < 1.29 is 9.53 Å². The Morgan fingerprint density at radius 2 is 2.16 bits per heavy atom. The molecule has 1 N–H and O–H groups in total. The Labute approximate surface area is 189 Å². The SMILES string of the molecule is COc1ccc(Cl)cc1NC(=O)Cn1nnc2sc3c(c2c1=O)CC[C@H](C(C)(C)C)C3. The number of hydrogen-bond donors (Lipinski definition) is 1. The molecule has 1 amide bonds. The van der Waals surface area contributed by atoms with Gasteiger partial charge in [-0.25, -0.2) is 4.68 Å². The first-order valence-corrected chi connectivity index (χ1v) is 11.4. The number of nitrogens with zero attached hydrogens (tertiary/aromatic N) is 3. The lowest BCUT2D eigenvalue weighted by Gasteiger charge is -2.33. The van der Waals surface area contributed by atoms with Crippen LogP contribution in [0.25, 0.3) is 10.2 Å². The molecule has 1 aliphatic rings. The zero-order chi connectivity index (χ0) is 22.3. The molecule has 164 valence electrons. The molecular formula is C22H25ClN4O3S. The van der Waals surface area contributed by atoms with Crippen LogP contribution in [0.4, 0.5) is 5.69 Å². The number of halogens is 1. The van der Waals surface area contributed by atoms with Crippen LogP contribution in [0, 0.1) is 11.3 Å². The van der Waals surface area contributed by atoms with Crippen molar-refractivity contribution in [3.05, 3.63) is 44.0 Å². The van der Waals surface area contributed by atoms with Crippen molar-refractivity contribution in [3.63, 3.8) is 0 Å². The number of carbonyl (C=O) groups excluding carboxylic acids is 1. The number of hydrogen-bond acceptors (Lipinski definition) is 6. The summed E-state index contributed by atoms with van der Waals surface area (Å²) in [6.45, 7) is 6.54. The van der Waals surface area contributed by atoms with Crippen molar-refractivity contribution >= 4 is 44.7 Å². The molecule has 7 nitrogen and oxygen atoms in total. The van der Waals surface area contributed by atoms with E-state index in [1.807, 2.05) is 0 Å². The lowest BCUT2D eigenvalue weighted by Crippen LogP contribution is -2.31. The van der Waals surface area contributed by atoms with Gasteiger partial charge in [0.05, 0.1) is 18.2 Å². The Balaban J connectivity index is 1.60. The number of ether oxygens (including phenoxy) is 1. The Morgan fingerprint density at radius 3 is 2.87 bits per heavy atom. The Hall–Kier alpha value is -2.45. The molecular weight excluding hydrogens is 436 g/mol. The van der Waals surface area contributed by atoms with E-state index >= 15 is 0 Å². The summed E-state index contributed by atoms with van der Waals surface area (Å²) in [5.74, 6) is 0.641. The van der Waals surface area contributed by atoms with E-state index in [1.54, 1.807) is 29.5 Å². The topological polar surface area (TPSA) is 86.1 Å². The van der Waals surface area contributed by atoms with Gasteiger partial charge in [-0.15, -0.1) is 16.4 Å². The molecule has 0 aliphatic heterocycles. The van der Waals surface area contributed by atoms with Crippen molar-refractivity contribution in [2.75, 3.05) is 12.4 Å². The number of aromatic nitrogens is 3. The van der Waals surface area contributed by atoms with Crippen LogP contribution in [0.5, 0.6) is 5.75 Å². The van der Waals surface area contributed by atoms with Crippen LogP contribution in [0.3, 0.4) is 0 Å². The number of amides is 1. The van der Waals surface area contributed by atoms with E-state index in [0.29, 0.717) is 32.6 Å². The van der Waals surface area contributed by atoms with Crippen LogP contribution >= 0.6 is 22.9 Å². The van der Waals surface area contributed by atoms with Crippen LogP contribution in [0.2, 0.25) is 5.02 Å². The predicted molar refractivity (Wildman–Crippen MR) is 123 cm³/mol. The van der Waals surface area contributed by atoms with Gasteiger partial charge in [0.2, 0.25) is 5.91 Å². The second-order valence-corrected chi connectivity index (χ2v) is 10.5. The Morgan fingerprint density at radius 1 is 1.39 bits per heavy atom. The van der Waals surface area contributed by atoms with Gasteiger partial charge in [-0.2, -0.15) is 0 Å². The summed E-state index contributed by atoms with van der Waals surface area (Å²) in [7, 11) is 1.51. The molecule has 0 fully saturated rings. The fourth-order valence-corrected chi connectivity index (χ4v) is 5.48. The summed E-state index contributed by atoms with van der Waals surface area (Å²) >= 11 is 7.57. The van der Waals surface area contributed by atoms with Crippen LogP contribution in [0.1, 0.15) is 37.6 Å². The summed E-state index contributed by atoms with van der Waals surface area (Å²) in [5.41, 5.74) is 1.46. The number of anilines is 1. The highest BCUT2D eigenvalue weighted by atomic mass is 35.5. The lowest BCUT2D eigenvalue weighted by molar-refractivity contribution is -0.117. The van der Waals surface area contributed by atoms with Crippen LogP contribution in [0.15, 0.2) is 23.0 Å². The van der Waals surface area contributed by atoms with Crippen molar-refractivity contribution in [3.8, 4) is 5.75 Å². The minimum absolute atomic E-state index is 0.221. The molecule has 31 heavy (non-hydrogen) atoms. The van der Waals surface area contributed by atoms with E-state index in [4.69, 9.17) is 16.3 Å². The Bertz CT molecular complexity index is 1210. The third kappa shape index (κ3) is 4.32. The summed E-state index contributed by atoms with van der Waals surface area (Å²) in [6.07, 6.45) is 2.84. The Kier molecular flexibility index (Phi) is 5.79. The lowest BCUT2D eigenvalue weighted by atomic mass is 9.72. The van der Waals surface area contributed by atoms with Crippen molar-refractivity contribution in [2.24, 2.45) is 11.3 Å². The monoisotopic (exact) mass is 460 g/mol. The molecule has 0 unspecified atom stereocenters. The minimum Gasteiger partial charge on any atom is -0.495 e. The molecule has 0 radical (unpaired) electrons. The summed E-state index contributed by atoms with van der Waals surface area (Å²) in [6, 6.07) is 4.93.